The zero-order valence-corrected chi connectivity index (χ0v) is 14.7. The lowest BCUT2D eigenvalue weighted by Gasteiger charge is -2.49. The van der Waals surface area contributed by atoms with Crippen molar-refractivity contribution in [1.29, 1.82) is 0 Å². The van der Waals surface area contributed by atoms with Crippen molar-refractivity contribution in [2.75, 3.05) is 6.54 Å². The van der Waals surface area contributed by atoms with Crippen molar-refractivity contribution < 1.29 is 14.7 Å². The van der Waals surface area contributed by atoms with Crippen LogP contribution >= 0.6 is 0 Å². The predicted octanol–water partition coefficient (Wildman–Crippen LogP) is 1.81. The molecule has 6 heteroatoms. The van der Waals surface area contributed by atoms with Gasteiger partial charge in [0, 0.05) is 19.5 Å². The zero-order valence-electron chi connectivity index (χ0n) is 14.7. The Morgan fingerprint density at radius 1 is 1.29 bits per heavy atom. The Morgan fingerprint density at radius 2 is 1.92 bits per heavy atom. The minimum absolute atomic E-state index is 0.00979. The SMILES string of the molecule is CC(=O)NC1C(c2ccccc2)N(C(=O)NC(C)C)CCC1(C)O. The van der Waals surface area contributed by atoms with Crippen LogP contribution < -0.4 is 10.6 Å². The first-order valence-corrected chi connectivity index (χ1v) is 8.34. The van der Waals surface area contributed by atoms with Crippen LogP contribution in [0.25, 0.3) is 0 Å². The molecule has 3 amide bonds. The van der Waals surface area contributed by atoms with Gasteiger partial charge in [-0.1, -0.05) is 30.3 Å². The number of rotatable bonds is 3. The molecular weight excluding hydrogens is 306 g/mol. The van der Waals surface area contributed by atoms with Gasteiger partial charge in [0.15, 0.2) is 0 Å². The van der Waals surface area contributed by atoms with Gasteiger partial charge in [-0.3, -0.25) is 4.79 Å². The van der Waals surface area contributed by atoms with Crippen molar-refractivity contribution in [2.45, 2.75) is 57.8 Å². The van der Waals surface area contributed by atoms with Crippen LogP contribution in [0.15, 0.2) is 30.3 Å². The number of nitrogens with zero attached hydrogens (tertiary/aromatic N) is 1. The number of urea groups is 1. The molecule has 132 valence electrons. The minimum atomic E-state index is -1.10. The van der Waals surface area contributed by atoms with Crippen LogP contribution in [0, 0.1) is 0 Å². The monoisotopic (exact) mass is 333 g/mol. The van der Waals surface area contributed by atoms with Crippen LogP contribution in [-0.4, -0.2) is 46.2 Å². The molecule has 1 fully saturated rings. The average Bonchev–Trinajstić information content (AvgIpc) is 2.48. The molecule has 3 atom stereocenters. The molecule has 3 unspecified atom stereocenters. The fourth-order valence-electron chi connectivity index (χ4n) is 3.20. The summed E-state index contributed by atoms with van der Waals surface area (Å²) in [5.41, 5.74) is -0.212. The van der Waals surface area contributed by atoms with Crippen LogP contribution in [0.3, 0.4) is 0 Å². The van der Waals surface area contributed by atoms with Crippen molar-refractivity contribution >= 4 is 11.9 Å². The standard InChI is InChI=1S/C18H27N3O3/c1-12(2)19-17(23)21-11-10-18(4,24)16(20-13(3)22)15(21)14-8-6-5-7-9-14/h5-9,12,15-16,24H,10-11H2,1-4H3,(H,19,23)(H,20,22). The smallest absolute Gasteiger partial charge is 0.318 e. The number of carbonyl (C=O) groups is 2. The molecule has 0 saturated carbocycles. The molecule has 3 N–H and O–H groups in total. The number of hydrogen-bond acceptors (Lipinski definition) is 3. The van der Waals surface area contributed by atoms with Crippen LogP contribution in [0.5, 0.6) is 0 Å². The van der Waals surface area contributed by atoms with Gasteiger partial charge < -0.3 is 20.6 Å². The van der Waals surface area contributed by atoms with E-state index in [0.29, 0.717) is 13.0 Å². The molecule has 0 bridgehead atoms. The fraction of sp³-hybridized carbons (Fsp3) is 0.556. The van der Waals surface area contributed by atoms with E-state index in [1.165, 1.54) is 6.92 Å². The average molecular weight is 333 g/mol. The molecule has 1 aromatic carbocycles. The van der Waals surface area contributed by atoms with Crippen molar-refractivity contribution in [3.05, 3.63) is 35.9 Å². The Morgan fingerprint density at radius 3 is 2.46 bits per heavy atom. The number of amides is 3. The number of likely N-dealkylation sites (tertiary alicyclic amines) is 1. The Labute approximate surface area is 143 Å². The lowest BCUT2D eigenvalue weighted by molar-refractivity contribution is -0.125. The highest BCUT2D eigenvalue weighted by Crippen LogP contribution is 2.37. The third-order valence-corrected chi connectivity index (χ3v) is 4.35. The normalized spacial score (nSPS) is 27.0. The lowest BCUT2D eigenvalue weighted by Crippen LogP contribution is -2.64. The van der Waals surface area contributed by atoms with Gasteiger partial charge in [0.05, 0.1) is 17.7 Å². The summed E-state index contributed by atoms with van der Waals surface area (Å²) in [4.78, 5) is 26.0. The first kappa shape index (κ1) is 18.3. The Balaban J connectivity index is 2.43. The fourth-order valence-corrected chi connectivity index (χ4v) is 3.20. The summed E-state index contributed by atoms with van der Waals surface area (Å²) in [5, 5.41) is 16.6. The maximum Gasteiger partial charge on any atom is 0.318 e. The van der Waals surface area contributed by atoms with Crippen molar-refractivity contribution in [1.82, 2.24) is 15.5 Å². The highest BCUT2D eigenvalue weighted by molar-refractivity contribution is 5.76. The second kappa shape index (κ2) is 7.21. The highest BCUT2D eigenvalue weighted by Gasteiger charge is 2.47. The summed E-state index contributed by atoms with van der Waals surface area (Å²) in [7, 11) is 0. The molecular formula is C18H27N3O3. The predicted molar refractivity (Wildman–Crippen MR) is 92.4 cm³/mol. The third-order valence-electron chi connectivity index (χ3n) is 4.35. The second-order valence-corrected chi connectivity index (χ2v) is 6.94. The Hall–Kier alpha value is -2.08. The summed E-state index contributed by atoms with van der Waals surface area (Å²) >= 11 is 0. The maximum atomic E-state index is 12.7. The van der Waals surface area contributed by atoms with Crippen LogP contribution in [-0.2, 0) is 4.79 Å². The lowest BCUT2D eigenvalue weighted by atomic mass is 9.79. The van der Waals surface area contributed by atoms with Crippen LogP contribution in [0.4, 0.5) is 4.79 Å². The molecule has 0 spiro atoms. The molecule has 1 aliphatic heterocycles. The summed E-state index contributed by atoms with van der Waals surface area (Å²) in [6.07, 6.45) is 0.396. The quantitative estimate of drug-likeness (QED) is 0.789. The van der Waals surface area contributed by atoms with Gasteiger partial charge in [-0.25, -0.2) is 4.79 Å². The van der Waals surface area contributed by atoms with Gasteiger partial charge in [0.1, 0.15) is 0 Å². The molecule has 0 aromatic heterocycles. The van der Waals surface area contributed by atoms with E-state index in [0.717, 1.165) is 5.56 Å². The molecule has 0 radical (unpaired) electrons. The molecule has 24 heavy (non-hydrogen) atoms. The number of piperidine rings is 1. The van der Waals surface area contributed by atoms with Gasteiger partial charge in [0.25, 0.3) is 0 Å². The van der Waals surface area contributed by atoms with E-state index >= 15 is 0 Å². The number of nitrogens with one attached hydrogen (secondary N) is 2. The first-order chi connectivity index (χ1) is 11.2. The van der Waals surface area contributed by atoms with Gasteiger partial charge in [-0.15, -0.1) is 0 Å². The summed E-state index contributed by atoms with van der Waals surface area (Å²) in [6, 6.07) is 8.31. The number of hydrogen-bond donors (Lipinski definition) is 3. The van der Waals surface area contributed by atoms with Gasteiger partial charge in [-0.2, -0.15) is 0 Å². The molecule has 1 aliphatic rings. The van der Waals surface area contributed by atoms with Crippen molar-refractivity contribution in [2.24, 2.45) is 0 Å². The second-order valence-electron chi connectivity index (χ2n) is 6.94. The van der Waals surface area contributed by atoms with Crippen LogP contribution in [0.1, 0.15) is 45.7 Å². The van der Waals surface area contributed by atoms with Gasteiger partial charge in [0.2, 0.25) is 5.91 Å². The van der Waals surface area contributed by atoms with E-state index in [4.69, 9.17) is 0 Å². The van der Waals surface area contributed by atoms with E-state index in [1.807, 2.05) is 44.2 Å². The van der Waals surface area contributed by atoms with Crippen LogP contribution in [0.2, 0.25) is 0 Å². The van der Waals surface area contributed by atoms with E-state index in [2.05, 4.69) is 10.6 Å². The largest absolute Gasteiger partial charge is 0.388 e. The number of benzene rings is 1. The van der Waals surface area contributed by atoms with Crippen molar-refractivity contribution in [3.8, 4) is 0 Å². The topological polar surface area (TPSA) is 81.7 Å². The third kappa shape index (κ3) is 4.06. The maximum absolute atomic E-state index is 12.7. The Kier molecular flexibility index (Phi) is 5.49. The van der Waals surface area contributed by atoms with Gasteiger partial charge in [-0.05, 0) is 32.8 Å². The highest BCUT2D eigenvalue weighted by atomic mass is 16.3. The molecule has 1 heterocycles. The van der Waals surface area contributed by atoms with E-state index in [-0.39, 0.29) is 18.0 Å². The van der Waals surface area contributed by atoms with Gasteiger partial charge >= 0.3 is 6.03 Å². The summed E-state index contributed by atoms with van der Waals surface area (Å²) < 4.78 is 0. The first-order valence-electron chi connectivity index (χ1n) is 8.34. The molecule has 6 nitrogen and oxygen atoms in total. The van der Waals surface area contributed by atoms with Crippen molar-refractivity contribution in [3.63, 3.8) is 0 Å². The molecule has 0 aliphatic carbocycles. The minimum Gasteiger partial charge on any atom is -0.388 e. The van der Waals surface area contributed by atoms with E-state index in [1.54, 1.807) is 11.8 Å². The number of carbonyl (C=O) groups excluding carboxylic acids is 2. The summed E-state index contributed by atoms with van der Waals surface area (Å²) in [6.45, 7) is 7.36. The zero-order chi connectivity index (χ0) is 17.9. The number of aliphatic hydroxyl groups is 1. The van der Waals surface area contributed by atoms with E-state index in [9.17, 15) is 14.7 Å². The molecule has 2 rings (SSSR count). The van der Waals surface area contributed by atoms with E-state index < -0.39 is 17.7 Å². The molecule has 1 aromatic rings. The molecule has 1 saturated heterocycles. The summed E-state index contributed by atoms with van der Waals surface area (Å²) in [5.74, 6) is -0.229. The Bertz CT molecular complexity index is 586.